The van der Waals surface area contributed by atoms with Crippen LogP contribution >= 0.6 is 0 Å². The monoisotopic (exact) mass is 285 g/mol. The van der Waals surface area contributed by atoms with Crippen LogP contribution in [0.15, 0.2) is 24.3 Å². The third-order valence-corrected chi connectivity index (χ3v) is 4.69. The minimum Gasteiger partial charge on any atom is -0.384 e. The molecule has 3 heteroatoms. The molecule has 1 fully saturated rings. The van der Waals surface area contributed by atoms with Crippen LogP contribution < -0.4 is 0 Å². The Morgan fingerprint density at radius 1 is 1.33 bits per heavy atom. The molecule has 1 N–H and O–H groups in total. The van der Waals surface area contributed by atoms with Gasteiger partial charge in [0.05, 0.1) is 5.56 Å². The van der Waals surface area contributed by atoms with E-state index < -0.39 is 0 Å². The highest BCUT2D eigenvalue weighted by Crippen LogP contribution is 2.37. The van der Waals surface area contributed by atoms with Gasteiger partial charge >= 0.3 is 0 Å². The van der Waals surface area contributed by atoms with Crippen LogP contribution in [-0.2, 0) is 0 Å². The first-order valence-corrected chi connectivity index (χ1v) is 7.64. The van der Waals surface area contributed by atoms with Gasteiger partial charge in [-0.1, -0.05) is 37.8 Å². The summed E-state index contributed by atoms with van der Waals surface area (Å²) < 4.78 is 0. The molecule has 0 saturated carbocycles. The molecule has 1 heterocycles. The number of carbonyl (C=O) groups is 1. The van der Waals surface area contributed by atoms with Crippen molar-refractivity contribution in [2.45, 2.75) is 33.1 Å². The molecule has 3 nitrogen and oxygen atoms in total. The fourth-order valence-corrected chi connectivity index (χ4v) is 3.02. The van der Waals surface area contributed by atoms with Crippen LogP contribution in [0.2, 0.25) is 0 Å². The molecule has 0 radical (unpaired) electrons. The van der Waals surface area contributed by atoms with Crippen LogP contribution in [0, 0.1) is 17.3 Å². The first-order chi connectivity index (χ1) is 10.2. The van der Waals surface area contributed by atoms with E-state index in [1.54, 1.807) is 0 Å². The topological polar surface area (TPSA) is 40.5 Å². The van der Waals surface area contributed by atoms with Gasteiger partial charge in [0, 0.05) is 18.7 Å². The van der Waals surface area contributed by atoms with Crippen LogP contribution in [0.1, 0.15) is 49.0 Å². The lowest BCUT2D eigenvalue weighted by Gasteiger charge is -2.26. The standard InChI is InChI=1S/C18H23NO2/c1-3-18(4-2)11-12-19(14-18)17(21)16-10-6-5-8-15(16)9-7-13-20/h5-6,8,10,20H,3-4,11-14H2,1-2H3. The van der Waals surface area contributed by atoms with Gasteiger partial charge in [0.1, 0.15) is 6.61 Å². The predicted octanol–water partition coefficient (Wildman–Crippen LogP) is 2.68. The van der Waals surface area contributed by atoms with Crippen molar-refractivity contribution in [2.24, 2.45) is 5.41 Å². The Morgan fingerprint density at radius 2 is 2.05 bits per heavy atom. The number of likely N-dealkylation sites (tertiary alicyclic amines) is 1. The number of nitrogens with zero attached hydrogens (tertiary/aromatic N) is 1. The molecule has 0 spiro atoms. The second-order valence-corrected chi connectivity index (χ2v) is 5.69. The maximum absolute atomic E-state index is 12.7. The maximum atomic E-state index is 12.7. The molecule has 112 valence electrons. The van der Waals surface area contributed by atoms with Crippen molar-refractivity contribution in [1.29, 1.82) is 0 Å². The van der Waals surface area contributed by atoms with E-state index in [0.29, 0.717) is 11.1 Å². The zero-order chi connectivity index (χ0) is 15.3. The van der Waals surface area contributed by atoms with Gasteiger partial charge < -0.3 is 10.0 Å². The predicted molar refractivity (Wildman–Crippen MR) is 83.9 cm³/mol. The molecule has 0 unspecified atom stereocenters. The fourth-order valence-electron chi connectivity index (χ4n) is 3.02. The highest BCUT2D eigenvalue weighted by atomic mass is 16.2. The van der Waals surface area contributed by atoms with Crippen LogP contribution in [0.25, 0.3) is 0 Å². The largest absolute Gasteiger partial charge is 0.384 e. The van der Waals surface area contributed by atoms with Gasteiger partial charge in [0.25, 0.3) is 5.91 Å². The van der Waals surface area contributed by atoms with E-state index >= 15 is 0 Å². The third kappa shape index (κ3) is 3.28. The third-order valence-electron chi connectivity index (χ3n) is 4.69. The molecule has 0 bridgehead atoms. The lowest BCUT2D eigenvalue weighted by Crippen LogP contribution is -2.32. The van der Waals surface area contributed by atoms with Crippen molar-refractivity contribution >= 4 is 5.91 Å². The molecule has 1 aromatic rings. The van der Waals surface area contributed by atoms with Gasteiger partial charge in [-0.25, -0.2) is 0 Å². The quantitative estimate of drug-likeness (QED) is 0.867. The van der Waals surface area contributed by atoms with Crippen LogP contribution in [0.3, 0.4) is 0 Å². The maximum Gasteiger partial charge on any atom is 0.255 e. The average Bonchev–Trinajstić information content (AvgIpc) is 2.98. The van der Waals surface area contributed by atoms with Gasteiger partial charge in [0.15, 0.2) is 0 Å². The molecule has 0 atom stereocenters. The van der Waals surface area contributed by atoms with Crippen molar-refractivity contribution in [3.63, 3.8) is 0 Å². The lowest BCUT2D eigenvalue weighted by molar-refractivity contribution is 0.0769. The van der Waals surface area contributed by atoms with Crippen molar-refractivity contribution < 1.29 is 9.90 Å². The molecule has 1 amide bonds. The second kappa shape index (κ2) is 6.78. The molecule has 1 saturated heterocycles. The van der Waals surface area contributed by atoms with Gasteiger partial charge in [-0.3, -0.25) is 4.79 Å². The highest BCUT2D eigenvalue weighted by molar-refractivity contribution is 5.97. The number of aliphatic hydroxyl groups excluding tert-OH is 1. The number of hydrogen-bond acceptors (Lipinski definition) is 2. The molecule has 1 aliphatic rings. The first-order valence-electron chi connectivity index (χ1n) is 7.64. The summed E-state index contributed by atoms with van der Waals surface area (Å²) in [4.78, 5) is 14.7. The molecule has 0 aliphatic carbocycles. The SMILES string of the molecule is CCC1(CC)CCN(C(=O)c2ccccc2C#CCO)C1. The van der Waals surface area contributed by atoms with Gasteiger partial charge in [-0.15, -0.1) is 0 Å². The lowest BCUT2D eigenvalue weighted by atomic mass is 9.82. The summed E-state index contributed by atoms with van der Waals surface area (Å²) in [6.07, 6.45) is 3.30. The number of rotatable bonds is 3. The Balaban J connectivity index is 2.22. The minimum atomic E-state index is -0.193. The number of benzene rings is 1. The first kappa shape index (κ1) is 15.6. The van der Waals surface area contributed by atoms with Crippen LogP contribution in [0.5, 0.6) is 0 Å². The van der Waals surface area contributed by atoms with E-state index in [1.165, 1.54) is 0 Å². The van der Waals surface area contributed by atoms with Crippen LogP contribution in [-0.4, -0.2) is 35.6 Å². The summed E-state index contributed by atoms with van der Waals surface area (Å²) in [5, 5.41) is 8.83. The van der Waals surface area contributed by atoms with Crippen molar-refractivity contribution in [3.8, 4) is 11.8 Å². The molecular weight excluding hydrogens is 262 g/mol. The minimum absolute atomic E-state index is 0.0571. The molecular formula is C18H23NO2. The van der Waals surface area contributed by atoms with Gasteiger partial charge in [0.2, 0.25) is 0 Å². The van der Waals surface area contributed by atoms with E-state index in [2.05, 4.69) is 25.7 Å². The summed E-state index contributed by atoms with van der Waals surface area (Å²) in [6, 6.07) is 7.38. The van der Waals surface area contributed by atoms with Crippen molar-refractivity contribution in [3.05, 3.63) is 35.4 Å². The van der Waals surface area contributed by atoms with Gasteiger partial charge in [-0.2, -0.15) is 0 Å². The zero-order valence-electron chi connectivity index (χ0n) is 12.9. The van der Waals surface area contributed by atoms with E-state index in [1.807, 2.05) is 29.2 Å². The smallest absolute Gasteiger partial charge is 0.255 e. The summed E-state index contributed by atoms with van der Waals surface area (Å²) in [6.45, 7) is 5.88. The zero-order valence-corrected chi connectivity index (χ0v) is 12.9. The molecule has 1 aromatic carbocycles. The average molecular weight is 285 g/mol. The number of aliphatic hydroxyl groups is 1. The Hall–Kier alpha value is -1.79. The van der Waals surface area contributed by atoms with Crippen molar-refractivity contribution in [2.75, 3.05) is 19.7 Å². The van der Waals surface area contributed by atoms with Crippen molar-refractivity contribution in [1.82, 2.24) is 4.90 Å². The Kier molecular flexibility index (Phi) is 5.03. The highest BCUT2D eigenvalue weighted by Gasteiger charge is 2.37. The Labute approximate surface area is 127 Å². The van der Waals surface area contributed by atoms with Crippen LogP contribution in [0.4, 0.5) is 0 Å². The summed E-state index contributed by atoms with van der Waals surface area (Å²) in [7, 11) is 0. The number of hydrogen-bond donors (Lipinski definition) is 1. The molecule has 0 aromatic heterocycles. The molecule has 1 aliphatic heterocycles. The Bertz CT molecular complexity index is 564. The van der Waals surface area contributed by atoms with E-state index in [4.69, 9.17) is 5.11 Å². The molecule has 2 rings (SSSR count). The van der Waals surface area contributed by atoms with E-state index in [9.17, 15) is 4.79 Å². The number of amides is 1. The van der Waals surface area contributed by atoms with E-state index in [-0.39, 0.29) is 17.9 Å². The summed E-state index contributed by atoms with van der Waals surface area (Å²) >= 11 is 0. The fraction of sp³-hybridized carbons (Fsp3) is 0.500. The number of carbonyl (C=O) groups excluding carboxylic acids is 1. The Morgan fingerprint density at radius 3 is 2.67 bits per heavy atom. The summed E-state index contributed by atoms with van der Waals surface area (Å²) in [5.41, 5.74) is 1.62. The molecule has 21 heavy (non-hydrogen) atoms. The summed E-state index contributed by atoms with van der Waals surface area (Å²) in [5.74, 6) is 5.55. The van der Waals surface area contributed by atoms with Gasteiger partial charge in [-0.05, 0) is 36.8 Å². The second-order valence-electron chi connectivity index (χ2n) is 5.69. The van der Waals surface area contributed by atoms with E-state index in [0.717, 1.165) is 32.4 Å². The normalized spacial score (nSPS) is 16.4.